The van der Waals surface area contributed by atoms with E-state index in [4.69, 9.17) is 4.74 Å². The Morgan fingerprint density at radius 2 is 1.83 bits per heavy atom. The number of hydrogen-bond acceptors (Lipinski definition) is 4. The molecule has 176 valence electrons. The first-order chi connectivity index (χ1) is 17.0. The van der Waals surface area contributed by atoms with Crippen molar-refractivity contribution in [2.45, 2.75) is 20.0 Å². The monoisotopic (exact) mass is 470 g/mol. The summed E-state index contributed by atoms with van der Waals surface area (Å²) in [5.74, 6) is -0.237. The highest BCUT2D eigenvalue weighted by Crippen LogP contribution is 2.27. The summed E-state index contributed by atoms with van der Waals surface area (Å²) in [6, 6.07) is 20.9. The number of hydrogen-bond donors (Lipinski definition) is 1. The van der Waals surface area contributed by atoms with Crippen LogP contribution in [0.5, 0.6) is 5.75 Å². The van der Waals surface area contributed by atoms with Gasteiger partial charge in [0.15, 0.2) is 0 Å². The summed E-state index contributed by atoms with van der Waals surface area (Å²) in [7, 11) is 0. The van der Waals surface area contributed by atoms with E-state index in [-0.39, 0.29) is 23.5 Å². The number of halogens is 1. The average molecular weight is 471 g/mol. The number of anilines is 1. The molecule has 0 saturated carbocycles. The Hall–Kier alpha value is -4.46. The number of benzene rings is 3. The molecule has 5 aromatic rings. The van der Waals surface area contributed by atoms with Gasteiger partial charge in [-0.05, 0) is 42.8 Å². The second kappa shape index (κ2) is 9.42. The lowest BCUT2D eigenvalue weighted by Gasteiger charge is -2.13. The smallest absolute Gasteiger partial charge is 0.278 e. The van der Waals surface area contributed by atoms with E-state index in [0.29, 0.717) is 41.0 Å². The molecule has 0 aliphatic rings. The van der Waals surface area contributed by atoms with E-state index in [2.05, 4.69) is 10.3 Å². The quantitative estimate of drug-likeness (QED) is 0.378. The van der Waals surface area contributed by atoms with Gasteiger partial charge in [0, 0.05) is 5.39 Å². The Morgan fingerprint density at radius 1 is 1.06 bits per heavy atom. The van der Waals surface area contributed by atoms with E-state index in [0.717, 1.165) is 5.56 Å². The second-order valence-corrected chi connectivity index (χ2v) is 8.09. The van der Waals surface area contributed by atoms with Crippen molar-refractivity contribution in [3.63, 3.8) is 0 Å². The van der Waals surface area contributed by atoms with Crippen molar-refractivity contribution >= 4 is 33.5 Å². The SMILES string of the molecule is CCOc1ccccc1NC(=O)Cn1c2ccc(F)cc2c2ncn(Cc3ccccc3)c(=O)c21. The molecular weight excluding hydrogens is 447 g/mol. The molecular formula is C27H23FN4O3. The van der Waals surface area contributed by atoms with Crippen LogP contribution in [-0.4, -0.2) is 26.6 Å². The molecule has 1 N–H and O–H groups in total. The normalized spacial score (nSPS) is 11.1. The van der Waals surface area contributed by atoms with E-state index in [9.17, 15) is 14.0 Å². The van der Waals surface area contributed by atoms with Gasteiger partial charge in [-0.3, -0.25) is 14.2 Å². The third-order valence-corrected chi connectivity index (χ3v) is 5.75. The van der Waals surface area contributed by atoms with Crippen molar-refractivity contribution in [1.82, 2.24) is 14.1 Å². The first-order valence-corrected chi connectivity index (χ1v) is 11.3. The fourth-order valence-electron chi connectivity index (χ4n) is 4.21. The number of aromatic nitrogens is 3. The number of nitrogens with zero attached hydrogens (tertiary/aromatic N) is 3. The highest BCUT2D eigenvalue weighted by Gasteiger charge is 2.19. The number of carbonyl (C=O) groups is 1. The average Bonchev–Trinajstić information content (AvgIpc) is 3.16. The highest BCUT2D eigenvalue weighted by molar-refractivity contribution is 6.06. The number of amides is 1. The molecule has 2 aromatic heterocycles. The fourth-order valence-corrected chi connectivity index (χ4v) is 4.21. The number of para-hydroxylation sites is 2. The molecule has 1 amide bonds. The molecule has 5 rings (SSSR count). The zero-order valence-corrected chi connectivity index (χ0v) is 19.1. The Bertz CT molecular complexity index is 1590. The molecule has 2 heterocycles. The van der Waals surface area contributed by atoms with Crippen LogP contribution < -0.4 is 15.6 Å². The third-order valence-electron chi connectivity index (χ3n) is 5.75. The predicted molar refractivity (Wildman–Crippen MR) is 133 cm³/mol. The highest BCUT2D eigenvalue weighted by atomic mass is 19.1. The van der Waals surface area contributed by atoms with Crippen LogP contribution in [0.1, 0.15) is 12.5 Å². The Kier molecular flexibility index (Phi) is 6.01. The second-order valence-electron chi connectivity index (χ2n) is 8.09. The molecule has 0 aliphatic heterocycles. The van der Waals surface area contributed by atoms with Crippen LogP contribution >= 0.6 is 0 Å². The number of ether oxygens (including phenoxy) is 1. The van der Waals surface area contributed by atoms with Crippen LogP contribution in [-0.2, 0) is 17.9 Å². The van der Waals surface area contributed by atoms with Crippen LogP contribution in [0.4, 0.5) is 10.1 Å². The summed E-state index contributed by atoms with van der Waals surface area (Å²) in [5, 5.41) is 3.34. The maximum atomic E-state index is 14.1. The van der Waals surface area contributed by atoms with Crippen molar-refractivity contribution < 1.29 is 13.9 Å². The minimum absolute atomic E-state index is 0.154. The summed E-state index contributed by atoms with van der Waals surface area (Å²) in [4.78, 5) is 31.1. The predicted octanol–water partition coefficient (Wildman–Crippen LogP) is 4.58. The van der Waals surface area contributed by atoms with Crippen LogP contribution in [0.3, 0.4) is 0 Å². The molecule has 8 heteroatoms. The van der Waals surface area contributed by atoms with Crippen molar-refractivity contribution in [1.29, 1.82) is 0 Å². The Labute approximate surface area is 200 Å². The van der Waals surface area contributed by atoms with E-state index in [1.807, 2.05) is 43.3 Å². The molecule has 0 aliphatic carbocycles. The molecule has 3 aromatic carbocycles. The van der Waals surface area contributed by atoms with Gasteiger partial charge < -0.3 is 14.6 Å². The largest absolute Gasteiger partial charge is 0.492 e. The van der Waals surface area contributed by atoms with Gasteiger partial charge >= 0.3 is 0 Å². The van der Waals surface area contributed by atoms with Crippen LogP contribution in [0.15, 0.2) is 83.9 Å². The lowest BCUT2D eigenvalue weighted by molar-refractivity contribution is -0.116. The van der Waals surface area contributed by atoms with Gasteiger partial charge in [-0.15, -0.1) is 0 Å². The third kappa shape index (κ3) is 4.38. The van der Waals surface area contributed by atoms with Gasteiger partial charge in [0.25, 0.3) is 5.56 Å². The molecule has 0 bridgehead atoms. The Balaban J connectivity index is 1.58. The van der Waals surface area contributed by atoms with E-state index < -0.39 is 5.82 Å². The fraction of sp³-hybridized carbons (Fsp3) is 0.148. The van der Waals surface area contributed by atoms with Gasteiger partial charge in [-0.1, -0.05) is 42.5 Å². The molecule has 35 heavy (non-hydrogen) atoms. The topological polar surface area (TPSA) is 78.2 Å². The van der Waals surface area contributed by atoms with Gasteiger partial charge in [0.1, 0.15) is 29.1 Å². The number of nitrogens with one attached hydrogen (secondary N) is 1. The summed E-state index contributed by atoms with van der Waals surface area (Å²) in [6.07, 6.45) is 1.46. The zero-order valence-electron chi connectivity index (χ0n) is 19.1. The summed E-state index contributed by atoms with van der Waals surface area (Å²) < 4.78 is 22.8. The summed E-state index contributed by atoms with van der Waals surface area (Å²) in [5.41, 5.74) is 2.32. The van der Waals surface area contributed by atoms with Crippen molar-refractivity contribution in [3.8, 4) is 5.75 Å². The number of fused-ring (bicyclic) bond motifs is 3. The zero-order chi connectivity index (χ0) is 24.4. The van der Waals surface area contributed by atoms with Crippen molar-refractivity contribution in [3.05, 3.63) is 101 Å². The first-order valence-electron chi connectivity index (χ1n) is 11.3. The van der Waals surface area contributed by atoms with E-state index in [1.54, 1.807) is 28.8 Å². The minimum Gasteiger partial charge on any atom is -0.492 e. The number of carbonyl (C=O) groups excluding carboxylic acids is 1. The molecule has 0 spiro atoms. The summed E-state index contributed by atoms with van der Waals surface area (Å²) in [6.45, 7) is 2.49. The molecule has 0 radical (unpaired) electrons. The molecule has 0 fully saturated rings. The maximum Gasteiger partial charge on any atom is 0.278 e. The van der Waals surface area contributed by atoms with Gasteiger partial charge in [0.05, 0.1) is 30.7 Å². The Morgan fingerprint density at radius 3 is 2.63 bits per heavy atom. The molecule has 0 atom stereocenters. The van der Waals surface area contributed by atoms with Crippen molar-refractivity contribution in [2.24, 2.45) is 0 Å². The lowest BCUT2D eigenvalue weighted by Crippen LogP contribution is -2.25. The standard InChI is InChI=1S/C27H23FN4O3/c1-2-35-23-11-7-6-10-21(23)30-24(33)16-32-22-13-12-19(28)14-20(22)25-26(32)27(34)31(17-29-25)15-18-8-4-3-5-9-18/h3-14,17H,2,15-16H2,1H3,(H,30,33). The molecule has 0 saturated heterocycles. The van der Waals surface area contributed by atoms with E-state index in [1.165, 1.54) is 23.0 Å². The first kappa shape index (κ1) is 22.3. The van der Waals surface area contributed by atoms with Crippen molar-refractivity contribution in [2.75, 3.05) is 11.9 Å². The maximum absolute atomic E-state index is 14.1. The van der Waals surface area contributed by atoms with Crippen LogP contribution in [0.2, 0.25) is 0 Å². The van der Waals surface area contributed by atoms with Gasteiger partial charge in [-0.25, -0.2) is 9.37 Å². The molecule has 0 unspecified atom stereocenters. The van der Waals surface area contributed by atoms with E-state index >= 15 is 0 Å². The van der Waals surface area contributed by atoms with Crippen LogP contribution in [0.25, 0.3) is 21.9 Å². The summed E-state index contributed by atoms with van der Waals surface area (Å²) >= 11 is 0. The van der Waals surface area contributed by atoms with Gasteiger partial charge in [0.2, 0.25) is 5.91 Å². The molecule has 7 nitrogen and oxygen atoms in total. The van der Waals surface area contributed by atoms with Crippen LogP contribution in [0, 0.1) is 5.82 Å². The number of rotatable bonds is 7. The minimum atomic E-state index is -0.443. The van der Waals surface area contributed by atoms with Gasteiger partial charge in [-0.2, -0.15) is 0 Å². The lowest BCUT2D eigenvalue weighted by atomic mass is 10.2.